The maximum absolute atomic E-state index is 11.5. The summed E-state index contributed by atoms with van der Waals surface area (Å²) in [5, 5.41) is 5.65. The lowest BCUT2D eigenvalue weighted by Gasteiger charge is -2.08. The second kappa shape index (κ2) is 7.08. The van der Waals surface area contributed by atoms with Crippen LogP contribution in [0.3, 0.4) is 0 Å². The molecule has 2 amide bonds. The first kappa shape index (κ1) is 17.6. The van der Waals surface area contributed by atoms with Crippen molar-refractivity contribution in [2.45, 2.75) is 13.8 Å². The molecule has 6 nitrogen and oxygen atoms in total. The van der Waals surface area contributed by atoms with E-state index in [1.165, 1.54) is 13.8 Å². The van der Waals surface area contributed by atoms with Crippen LogP contribution >= 0.6 is 0 Å². The summed E-state index contributed by atoms with van der Waals surface area (Å²) in [6.07, 6.45) is 0. The van der Waals surface area contributed by atoms with Crippen LogP contribution in [0.4, 0.5) is 11.4 Å². The Morgan fingerprint density at radius 2 is 1.25 bits per heavy atom. The van der Waals surface area contributed by atoms with Crippen LogP contribution in [0.1, 0.15) is 13.8 Å². The standard InChI is InChI=1S/C22H18N4O2/c1-14(27)23-16-8-10-19-21(12-16)26(18-6-4-3-5-7-18)22-13-17(24-15(2)28)9-11-20(22)25-19/h3-13H,1-2H3,(H,23,24,27,28)/p+1. The lowest BCUT2D eigenvalue weighted by molar-refractivity contribution is -0.538. The van der Waals surface area contributed by atoms with Crippen LogP contribution in [0.5, 0.6) is 0 Å². The summed E-state index contributed by atoms with van der Waals surface area (Å²) in [6, 6.07) is 21.2. The third-order valence-corrected chi connectivity index (χ3v) is 4.33. The van der Waals surface area contributed by atoms with Gasteiger partial charge in [0.2, 0.25) is 28.5 Å². The normalized spacial score (nSPS) is 10.8. The third-order valence-electron chi connectivity index (χ3n) is 4.33. The Bertz CT molecular complexity index is 1150. The highest BCUT2D eigenvalue weighted by molar-refractivity contribution is 5.93. The Kier molecular flexibility index (Phi) is 4.45. The van der Waals surface area contributed by atoms with E-state index in [9.17, 15) is 9.59 Å². The summed E-state index contributed by atoms with van der Waals surface area (Å²) in [4.78, 5) is 27.7. The number of carbonyl (C=O) groups is 2. The topological polar surface area (TPSA) is 75.0 Å². The van der Waals surface area contributed by atoms with Crippen LogP contribution in [0.2, 0.25) is 0 Å². The van der Waals surface area contributed by atoms with Crippen molar-refractivity contribution in [3.63, 3.8) is 0 Å². The molecule has 0 atom stereocenters. The number of aromatic nitrogens is 2. The molecule has 0 unspecified atom stereocenters. The summed E-state index contributed by atoms with van der Waals surface area (Å²) >= 11 is 0. The lowest BCUT2D eigenvalue weighted by atomic mass is 10.2. The number of hydrogen-bond donors (Lipinski definition) is 2. The zero-order valence-electron chi connectivity index (χ0n) is 15.6. The number of amides is 2. The van der Waals surface area contributed by atoms with Crippen LogP contribution in [0, 0.1) is 0 Å². The molecule has 0 aliphatic heterocycles. The predicted molar refractivity (Wildman–Crippen MR) is 109 cm³/mol. The molecule has 4 aromatic rings. The maximum atomic E-state index is 11.5. The molecule has 0 aliphatic rings. The van der Waals surface area contributed by atoms with Gasteiger partial charge in [-0.2, -0.15) is 0 Å². The summed E-state index contributed by atoms with van der Waals surface area (Å²) in [5.74, 6) is -0.264. The number of nitrogens with zero attached hydrogens (tertiary/aromatic N) is 2. The molecule has 6 heteroatoms. The molecular weight excluding hydrogens is 352 g/mol. The van der Waals surface area contributed by atoms with E-state index < -0.39 is 0 Å². The smallest absolute Gasteiger partial charge is 0.239 e. The summed E-state index contributed by atoms with van der Waals surface area (Å²) in [6.45, 7) is 2.96. The van der Waals surface area contributed by atoms with Crippen molar-refractivity contribution in [2.24, 2.45) is 0 Å². The van der Waals surface area contributed by atoms with Gasteiger partial charge in [0.25, 0.3) is 0 Å². The second-order valence-electron chi connectivity index (χ2n) is 6.55. The highest BCUT2D eigenvalue weighted by atomic mass is 16.2. The van der Waals surface area contributed by atoms with Crippen molar-refractivity contribution in [1.82, 2.24) is 4.98 Å². The number of nitrogens with one attached hydrogen (secondary N) is 2. The molecule has 0 saturated carbocycles. The van der Waals surface area contributed by atoms with Crippen LogP contribution in [-0.2, 0) is 9.59 Å². The molecule has 0 fully saturated rings. The summed E-state index contributed by atoms with van der Waals surface area (Å²) in [7, 11) is 0. The van der Waals surface area contributed by atoms with E-state index >= 15 is 0 Å². The quantitative estimate of drug-likeness (QED) is 0.427. The van der Waals surface area contributed by atoms with Crippen LogP contribution in [0.15, 0.2) is 66.7 Å². The first-order chi connectivity index (χ1) is 13.5. The average Bonchev–Trinajstić information content (AvgIpc) is 2.66. The lowest BCUT2D eigenvalue weighted by Crippen LogP contribution is -2.33. The summed E-state index contributed by atoms with van der Waals surface area (Å²) < 4.78 is 2.08. The monoisotopic (exact) mass is 371 g/mol. The molecule has 0 aliphatic carbocycles. The Balaban J connectivity index is 2.06. The predicted octanol–water partition coefficient (Wildman–Crippen LogP) is 3.58. The van der Waals surface area contributed by atoms with E-state index in [1.54, 1.807) is 0 Å². The molecule has 0 spiro atoms. The van der Waals surface area contributed by atoms with Gasteiger partial charge in [0.1, 0.15) is 11.0 Å². The van der Waals surface area contributed by atoms with E-state index in [1.807, 2.05) is 66.7 Å². The van der Waals surface area contributed by atoms with Crippen LogP contribution in [-0.4, -0.2) is 16.8 Å². The molecule has 2 N–H and O–H groups in total. The fraction of sp³-hybridized carbons (Fsp3) is 0.0909. The van der Waals surface area contributed by atoms with Gasteiger partial charge < -0.3 is 10.6 Å². The molecule has 4 rings (SSSR count). The number of benzene rings is 3. The molecule has 1 aromatic heterocycles. The van der Waals surface area contributed by atoms with Gasteiger partial charge in [-0.1, -0.05) is 18.2 Å². The molecule has 1 heterocycles. The Labute approximate surface area is 161 Å². The Morgan fingerprint density at radius 1 is 0.750 bits per heavy atom. The zero-order chi connectivity index (χ0) is 19.7. The van der Waals surface area contributed by atoms with Crippen molar-refractivity contribution >= 4 is 45.3 Å². The minimum atomic E-state index is -0.132. The molecule has 28 heavy (non-hydrogen) atoms. The maximum Gasteiger partial charge on any atom is 0.239 e. The minimum Gasteiger partial charge on any atom is -0.326 e. The van der Waals surface area contributed by atoms with Gasteiger partial charge in [0.15, 0.2) is 0 Å². The highest BCUT2D eigenvalue weighted by Crippen LogP contribution is 2.23. The second-order valence-corrected chi connectivity index (χ2v) is 6.55. The van der Waals surface area contributed by atoms with Gasteiger partial charge in [-0.3, -0.25) is 9.59 Å². The zero-order valence-corrected chi connectivity index (χ0v) is 15.6. The number of anilines is 2. The van der Waals surface area contributed by atoms with E-state index in [2.05, 4.69) is 15.2 Å². The van der Waals surface area contributed by atoms with Crippen molar-refractivity contribution < 1.29 is 14.2 Å². The van der Waals surface area contributed by atoms with Gasteiger partial charge in [-0.05, 0) is 24.3 Å². The van der Waals surface area contributed by atoms with Crippen molar-refractivity contribution in [2.75, 3.05) is 10.6 Å². The molecule has 0 radical (unpaired) electrons. The fourth-order valence-corrected chi connectivity index (χ4v) is 3.27. The number of fused-ring (bicyclic) bond motifs is 2. The Morgan fingerprint density at radius 3 is 1.71 bits per heavy atom. The average molecular weight is 371 g/mol. The molecule has 3 aromatic carbocycles. The van der Waals surface area contributed by atoms with Crippen molar-refractivity contribution in [3.8, 4) is 5.69 Å². The molecule has 0 bridgehead atoms. The fourth-order valence-electron chi connectivity index (χ4n) is 3.27. The van der Waals surface area contributed by atoms with Gasteiger partial charge in [0.05, 0.1) is 0 Å². The van der Waals surface area contributed by atoms with Gasteiger partial charge in [0, 0.05) is 49.5 Å². The number of hydrogen-bond acceptors (Lipinski definition) is 3. The van der Waals surface area contributed by atoms with E-state index in [4.69, 9.17) is 4.98 Å². The number of carbonyl (C=O) groups excluding carboxylic acids is 2. The van der Waals surface area contributed by atoms with Crippen molar-refractivity contribution in [3.05, 3.63) is 66.7 Å². The van der Waals surface area contributed by atoms with Crippen molar-refractivity contribution in [1.29, 1.82) is 0 Å². The largest absolute Gasteiger partial charge is 0.326 e. The van der Waals surface area contributed by atoms with E-state index in [-0.39, 0.29) is 11.8 Å². The SMILES string of the molecule is CC(=O)Nc1ccc2nc3ccc(NC(C)=O)cc3[n+](-c3ccccc3)c2c1. The number of para-hydroxylation sites is 1. The highest BCUT2D eigenvalue weighted by Gasteiger charge is 2.20. The minimum absolute atomic E-state index is 0.132. The molecular formula is C22H19N4O2+. The third kappa shape index (κ3) is 3.40. The van der Waals surface area contributed by atoms with Gasteiger partial charge in [-0.15, -0.1) is 4.57 Å². The van der Waals surface area contributed by atoms with Gasteiger partial charge in [-0.25, -0.2) is 4.98 Å². The first-order valence-corrected chi connectivity index (χ1v) is 8.91. The molecule has 138 valence electrons. The first-order valence-electron chi connectivity index (χ1n) is 8.91. The molecule has 0 saturated heterocycles. The van der Waals surface area contributed by atoms with Crippen LogP contribution < -0.4 is 15.2 Å². The van der Waals surface area contributed by atoms with E-state index in [0.717, 1.165) is 27.8 Å². The number of rotatable bonds is 3. The Hall–Kier alpha value is -3.80. The van der Waals surface area contributed by atoms with Crippen LogP contribution in [0.25, 0.3) is 27.8 Å². The summed E-state index contributed by atoms with van der Waals surface area (Å²) in [5.41, 5.74) is 5.66. The van der Waals surface area contributed by atoms with Gasteiger partial charge >= 0.3 is 0 Å². The van der Waals surface area contributed by atoms with E-state index in [0.29, 0.717) is 11.4 Å².